The van der Waals surface area contributed by atoms with Crippen molar-refractivity contribution in [3.05, 3.63) is 133 Å². The number of phenolic OH excluding ortho intramolecular Hbond substituents is 1. The number of aromatic hydroxyl groups is 1. The third-order valence-corrected chi connectivity index (χ3v) is 7.51. The predicted octanol–water partition coefficient (Wildman–Crippen LogP) is 8.69. The molecular weight excluding hydrogens is 685 g/mol. The second kappa shape index (κ2) is 10.8. The Balaban J connectivity index is 0.00000302. The first kappa shape index (κ1) is 26.7. The molecule has 0 radical (unpaired) electrons. The van der Waals surface area contributed by atoms with Gasteiger partial charge in [0.05, 0.1) is 11.2 Å². The molecule has 4 nitrogen and oxygen atoms in total. The number of hydrogen-bond acceptors (Lipinski definition) is 3. The van der Waals surface area contributed by atoms with Gasteiger partial charge in [0, 0.05) is 43.6 Å². The number of hydrogen-bond donors (Lipinski definition) is 1. The molecule has 0 saturated heterocycles. The van der Waals surface area contributed by atoms with E-state index in [1.165, 1.54) is 16.7 Å². The zero-order valence-corrected chi connectivity index (χ0v) is 24.8. The van der Waals surface area contributed by atoms with Gasteiger partial charge in [-0.15, -0.1) is 29.8 Å². The first-order valence-corrected chi connectivity index (χ1v) is 13.3. The third kappa shape index (κ3) is 4.65. The molecule has 3 aromatic heterocycles. The van der Waals surface area contributed by atoms with Gasteiger partial charge in [-0.1, -0.05) is 54.6 Å². The number of fused-ring (bicyclic) bond motifs is 3. The largest absolute Gasteiger partial charge is 0.507 e. The number of phenols is 1. The fraction of sp³-hybridized carbons (Fsp3) is 0.0556. The molecule has 7 rings (SSSR count). The Morgan fingerprint density at radius 3 is 2.24 bits per heavy atom. The second-order valence-electron chi connectivity index (χ2n) is 10.1. The van der Waals surface area contributed by atoms with Gasteiger partial charge in [0.2, 0.25) is 0 Å². The van der Waals surface area contributed by atoms with Crippen molar-refractivity contribution in [2.45, 2.75) is 13.8 Å². The number of nitrogens with zero attached hydrogens (tertiary/aromatic N) is 3. The minimum absolute atomic E-state index is 0. The van der Waals surface area contributed by atoms with E-state index < -0.39 is 0 Å². The summed E-state index contributed by atoms with van der Waals surface area (Å²) in [5.74, 6) is 0.202. The fourth-order valence-corrected chi connectivity index (χ4v) is 5.69. The third-order valence-electron chi connectivity index (χ3n) is 7.51. The molecule has 0 saturated carbocycles. The van der Waals surface area contributed by atoms with E-state index in [9.17, 15) is 5.11 Å². The minimum atomic E-state index is 0. The molecule has 1 N–H and O–H groups in total. The average Bonchev–Trinajstić information content (AvgIpc) is 3.32. The number of pyridine rings is 2. The van der Waals surface area contributed by atoms with Crippen molar-refractivity contribution in [2.24, 2.45) is 0 Å². The van der Waals surface area contributed by atoms with Crippen LogP contribution in [-0.4, -0.2) is 19.6 Å². The van der Waals surface area contributed by atoms with Gasteiger partial charge in [-0.2, -0.15) is 0 Å². The van der Waals surface area contributed by atoms with Crippen LogP contribution in [0.1, 0.15) is 11.1 Å². The number of aromatic nitrogens is 3. The topological polar surface area (TPSA) is 50.9 Å². The summed E-state index contributed by atoms with van der Waals surface area (Å²) in [6.45, 7) is 4.26. The molecule has 0 atom stereocenters. The van der Waals surface area contributed by atoms with Gasteiger partial charge in [-0.3, -0.25) is 4.98 Å². The summed E-state index contributed by atoms with van der Waals surface area (Å²) in [5, 5.41) is 13.0. The smallest absolute Gasteiger partial charge is 0.144 e. The second-order valence-corrected chi connectivity index (χ2v) is 10.1. The van der Waals surface area contributed by atoms with Gasteiger partial charge < -0.3 is 9.67 Å². The number of para-hydroxylation sites is 2. The van der Waals surface area contributed by atoms with E-state index in [4.69, 9.17) is 9.97 Å². The van der Waals surface area contributed by atoms with Crippen LogP contribution in [0.5, 0.6) is 5.75 Å². The zero-order chi connectivity index (χ0) is 27.2. The van der Waals surface area contributed by atoms with Crippen molar-refractivity contribution >= 4 is 21.9 Å². The maximum atomic E-state index is 10.7. The maximum Gasteiger partial charge on any atom is 0.144 e. The molecule has 4 aromatic carbocycles. The van der Waals surface area contributed by atoms with E-state index in [0.717, 1.165) is 44.4 Å². The molecule has 0 aliphatic carbocycles. The van der Waals surface area contributed by atoms with E-state index in [1.54, 1.807) is 6.07 Å². The molecule has 0 unspecified atom stereocenters. The molecule has 0 aliphatic rings. The molecule has 0 bridgehead atoms. The number of benzene rings is 4. The normalized spacial score (nSPS) is 11.1. The van der Waals surface area contributed by atoms with Crippen molar-refractivity contribution in [3.63, 3.8) is 0 Å². The van der Waals surface area contributed by atoms with Crippen LogP contribution in [-0.2, 0) is 21.1 Å². The molecule has 0 aliphatic heterocycles. The molecule has 7 aromatic rings. The fourth-order valence-electron chi connectivity index (χ4n) is 5.69. The van der Waals surface area contributed by atoms with Crippen molar-refractivity contribution in [1.29, 1.82) is 0 Å². The van der Waals surface area contributed by atoms with Crippen LogP contribution in [0.15, 0.2) is 115 Å². The standard InChI is InChI=1S/C36H26N3O.Pt/c1-23-10-7-11-24(2)35(23)26-21-31(38-32(22-26)30-15-4-6-18-34(30)40)25-12-8-13-27(20-25)39-33-17-5-3-14-28(33)29-16-9-19-37-36(29)39;/h3-19,21-22,40H,1-2H3;/q-1;. The summed E-state index contributed by atoms with van der Waals surface area (Å²) in [5.41, 5.74) is 10.5. The summed E-state index contributed by atoms with van der Waals surface area (Å²) in [7, 11) is 0. The summed E-state index contributed by atoms with van der Waals surface area (Å²) < 4.78 is 2.16. The molecule has 202 valence electrons. The summed E-state index contributed by atoms with van der Waals surface area (Å²) in [4.78, 5) is 9.78. The predicted molar refractivity (Wildman–Crippen MR) is 163 cm³/mol. The van der Waals surface area contributed by atoms with Crippen molar-refractivity contribution in [2.75, 3.05) is 0 Å². The zero-order valence-electron chi connectivity index (χ0n) is 22.6. The van der Waals surface area contributed by atoms with Gasteiger partial charge in [-0.25, -0.2) is 4.98 Å². The molecule has 41 heavy (non-hydrogen) atoms. The number of aryl methyl sites for hydroxylation is 2. The van der Waals surface area contributed by atoms with Crippen LogP contribution in [0.3, 0.4) is 0 Å². The van der Waals surface area contributed by atoms with Crippen molar-refractivity contribution < 1.29 is 26.2 Å². The Morgan fingerprint density at radius 1 is 0.707 bits per heavy atom. The van der Waals surface area contributed by atoms with Crippen LogP contribution in [0.25, 0.3) is 61.3 Å². The van der Waals surface area contributed by atoms with Gasteiger partial charge >= 0.3 is 0 Å². The Kier molecular flexibility index (Phi) is 7.03. The van der Waals surface area contributed by atoms with Crippen molar-refractivity contribution in [1.82, 2.24) is 14.5 Å². The van der Waals surface area contributed by atoms with E-state index in [2.05, 4.69) is 91.2 Å². The first-order chi connectivity index (χ1) is 19.6. The summed E-state index contributed by atoms with van der Waals surface area (Å²) in [6.07, 6.45) is 1.83. The Hall–Kier alpha value is -4.53. The summed E-state index contributed by atoms with van der Waals surface area (Å²) in [6, 6.07) is 40.1. The first-order valence-electron chi connectivity index (χ1n) is 13.3. The molecule has 5 heteroatoms. The van der Waals surface area contributed by atoms with Crippen LogP contribution >= 0.6 is 0 Å². The molecule has 0 spiro atoms. The van der Waals surface area contributed by atoms with E-state index in [-0.39, 0.29) is 26.8 Å². The van der Waals surface area contributed by atoms with E-state index in [0.29, 0.717) is 11.3 Å². The number of rotatable bonds is 4. The van der Waals surface area contributed by atoms with E-state index >= 15 is 0 Å². The minimum Gasteiger partial charge on any atom is -0.507 e. The van der Waals surface area contributed by atoms with Gasteiger partial charge in [0.15, 0.2) is 0 Å². The molecular formula is C36H26N3OPt-. The Bertz CT molecular complexity index is 1990. The summed E-state index contributed by atoms with van der Waals surface area (Å²) >= 11 is 0. The van der Waals surface area contributed by atoms with Crippen LogP contribution < -0.4 is 0 Å². The van der Waals surface area contributed by atoms with Crippen LogP contribution in [0.2, 0.25) is 0 Å². The molecule has 0 amide bonds. The Morgan fingerprint density at radius 2 is 1.41 bits per heavy atom. The van der Waals surface area contributed by atoms with Gasteiger partial charge in [-0.05, 0) is 83.9 Å². The average molecular weight is 712 g/mol. The Labute approximate surface area is 253 Å². The van der Waals surface area contributed by atoms with Gasteiger partial charge in [0.25, 0.3) is 0 Å². The SMILES string of the molecule is Cc1cccc(C)c1-c1cc(-c2[c-]c(-n3c4ccccc4c4cccnc43)ccc2)nc(-c2ccccc2O)c1.[Pt]. The van der Waals surface area contributed by atoms with Crippen LogP contribution in [0, 0.1) is 19.9 Å². The van der Waals surface area contributed by atoms with Gasteiger partial charge in [0.1, 0.15) is 11.4 Å². The van der Waals surface area contributed by atoms with E-state index in [1.807, 2.05) is 42.6 Å². The maximum absolute atomic E-state index is 10.7. The monoisotopic (exact) mass is 711 g/mol. The quantitative estimate of drug-likeness (QED) is 0.186. The van der Waals surface area contributed by atoms with Crippen molar-refractivity contribution in [3.8, 4) is 45.1 Å². The molecule has 0 fully saturated rings. The molecule has 3 heterocycles. The van der Waals surface area contributed by atoms with Crippen LogP contribution in [0.4, 0.5) is 0 Å².